The zero-order chi connectivity index (χ0) is 23.2. The van der Waals surface area contributed by atoms with Gasteiger partial charge in [-0.25, -0.2) is 0 Å². The first-order valence-electron chi connectivity index (χ1n) is 11.7. The van der Waals surface area contributed by atoms with Crippen LogP contribution in [0.1, 0.15) is 76.7 Å². The number of allylic oxidation sites excluding steroid dienone is 5. The quantitative estimate of drug-likeness (QED) is 0.287. The first-order valence-corrected chi connectivity index (χ1v) is 11.7. The van der Waals surface area contributed by atoms with Crippen molar-refractivity contribution < 1.29 is 24.1 Å². The molecule has 1 aromatic carbocycles. The molecule has 0 amide bonds. The first-order chi connectivity index (χ1) is 15.5. The van der Waals surface area contributed by atoms with Gasteiger partial charge >= 0.3 is 5.97 Å². The smallest absolute Gasteiger partial charge is 0.302 e. The highest BCUT2D eigenvalue weighted by Crippen LogP contribution is 2.22. The maximum absolute atomic E-state index is 11.1. The van der Waals surface area contributed by atoms with Crippen molar-refractivity contribution in [3.8, 4) is 0 Å². The van der Waals surface area contributed by atoms with E-state index in [1.165, 1.54) is 12.5 Å². The number of aliphatic hydroxyl groups is 1. The third-order valence-electron chi connectivity index (χ3n) is 5.26. The van der Waals surface area contributed by atoms with E-state index in [0.717, 1.165) is 30.4 Å². The highest BCUT2D eigenvalue weighted by atomic mass is 16.7. The van der Waals surface area contributed by atoms with Gasteiger partial charge in [0.25, 0.3) is 0 Å². The number of esters is 1. The Morgan fingerprint density at radius 2 is 1.88 bits per heavy atom. The summed E-state index contributed by atoms with van der Waals surface area (Å²) in [5.74, 6) is -0.320. The fourth-order valence-corrected chi connectivity index (χ4v) is 3.46. The summed E-state index contributed by atoms with van der Waals surface area (Å²) in [6.45, 7) is 6.34. The van der Waals surface area contributed by atoms with Crippen LogP contribution in [0.25, 0.3) is 6.08 Å². The lowest BCUT2D eigenvalue weighted by molar-refractivity contribution is -0.153. The van der Waals surface area contributed by atoms with Crippen LogP contribution < -0.4 is 0 Å². The number of carbonyl (C=O) groups excluding carboxylic acids is 1. The van der Waals surface area contributed by atoms with Gasteiger partial charge in [0.05, 0.1) is 12.7 Å². The van der Waals surface area contributed by atoms with Gasteiger partial charge in [-0.1, -0.05) is 68.5 Å². The second-order valence-corrected chi connectivity index (χ2v) is 8.10. The molecule has 5 nitrogen and oxygen atoms in total. The van der Waals surface area contributed by atoms with Crippen LogP contribution in [0.3, 0.4) is 0 Å². The number of benzene rings is 1. The highest BCUT2D eigenvalue weighted by molar-refractivity contribution is 5.66. The number of hydrogen-bond donors (Lipinski definition) is 1. The molecule has 1 aliphatic rings. The molecule has 32 heavy (non-hydrogen) atoms. The first kappa shape index (κ1) is 26.0. The topological polar surface area (TPSA) is 65.0 Å². The fraction of sp³-hybridized carbons (Fsp3) is 0.519. The van der Waals surface area contributed by atoms with E-state index in [1.807, 2.05) is 19.1 Å². The van der Waals surface area contributed by atoms with E-state index in [9.17, 15) is 9.90 Å². The standard InChI is InChI=1S/C27H38O5/c1-4-18-30-27(31-19-17-25(29)20-26(5-2)32-21(3)28)24-15-13-23(14-16-24)12-11-22-9-7-6-8-10-22/h6-7,9,11-16,25-27,29H,4-5,8,10,17-20H2,1-3H3. The number of carbonyl (C=O) groups is 1. The average molecular weight is 443 g/mol. The Bertz CT molecular complexity index is 763. The van der Waals surface area contributed by atoms with Crippen LogP contribution in [-0.2, 0) is 19.0 Å². The fourth-order valence-electron chi connectivity index (χ4n) is 3.46. The molecular formula is C27H38O5. The van der Waals surface area contributed by atoms with Crippen LogP contribution in [0.2, 0.25) is 0 Å². The van der Waals surface area contributed by atoms with E-state index in [0.29, 0.717) is 32.5 Å². The molecule has 0 saturated carbocycles. The van der Waals surface area contributed by atoms with Gasteiger partial charge in [-0.05, 0) is 43.2 Å². The third kappa shape index (κ3) is 9.94. The lowest BCUT2D eigenvalue weighted by Crippen LogP contribution is -2.23. The molecule has 2 rings (SSSR count). The molecule has 5 heteroatoms. The number of aliphatic hydroxyl groups excluding tert-OH is 1. The van der Waals surface area contributed by atoms with Gasteiger partial charge in [0, 0.05) is 25.5 Å². The van der Waals surface area contributed by atoms with Crippen molar-refractivity contribution in [3.05, 3.63) is 65.3 Å². The average Bonchev–Trinajstić information content (AvgIpc) is 2.80. The van der Waals surface area contributed by atoms with E-state index in [4.69, 9.17) is 14.2 Å². The van der Waals surface area contributed by atoms with Crippen molar-refractivity contribution in [1.82, 2.24) is 0 Å². The summed E-state index contributed by atoms with van der Waals surface area (Å²) in [4.78, 5) is 11.1. The monoisotopic (exact) mass is 442 g/mol. The van der Waals surface area contributed by atoms with E-state index in [1.54, 1.807) is 0 Å². The molecule has 0 aliphatic heterocycles. The van der Waals surface area contributed by atoms with E-state index >= 15 is 0 Å². The molecule has 3 atom stereocenters. The van der Waals surface area contributed by atoms with E-state index < -0.39 is 12.4 Å². The van der Waals surface area contributed by atoms with Gasteiger partial charge < -0.3 is 19.3 Å². The van der Waals surface area contributed by atoms with Crippen molar-refractivity contribution in [1.29, 1.82) is 0 Å². The van der Waals surface area contributed by atoms with Crippen LogP contribution in [0.4, 0.5) is 0 Å². The third-order valence-corrected chi connectivity index (χ3v) is 5.26. The summed E-state index contributed by atoms with van der Waals surface area (Å²) in [6, 6.07) is 8.19. The number of rotatable bonds is 14. The highest BCUT2D eigenvalue weighted by Gasteiger charge is 2.17. The Morgan fingerprint density at radius 1 is 1.12 bits per heavy atom. The van der Waals surface area contributed by atoms with Crippen molar-refractivity contribution >= 4 is 12.0 Å². The molecule has 0 radical (unpaired) electrons. The lowest BCUT2D eigenvalue weighted by atomic mass is 10.0. The summed E-state index contributed by atoms with van der Waals surface area (Å²) < 4.78 is 17.1. The Kier molecular flexibility index (Phi) is 12.0. The van der Waals surface area contributed by atoms with Crippen LogP contribution in [-0.4, -0.2) is 36.5 Å². The minimum atomic E-state index is -0.595. The van der Waals surface area contributed by atoms with Gasteiger partial charge in [0.15, 0.2) is 6.29 Å². The van der Waals surface area contributed by atoms with Crippen LogP contribution in [0.15, 0.2) is 54.1 Å². The molecule has 0 spiro atoms. The molecular weight excluding hydrogens is 404 g/mol. The predicted molar refractivity (Wildman–Crippen MR) is 128 cm³/mol. The largest absolute Gasteiger partial charge is 0.462 e. The minimum absolute atomic E-state index is 0.268. The van der Waals surface area contributed by atoms with Crippen molar-refractivity contribution in [2.45, 2.75) is 77.8 Å². The van der Waals surface area contributed by atoms with E-state index in [2.05, 4.69) is 49.4 Å². The maximum Gasteiger partial charge on any atom is 0.302 e. The number of hydrogen-bond acceptors (Lipinski definition) is 5. The molecule has 1 aromatic rings. The predicted octanol–water partition coefficient (Wildman–Crippen LogP) is 5.90. The van der Waals surface area contributed by atoms with Crippen LogP contribution in [0, 0.1) is 0 Å². The van der Waals surface area contributed by atoms with Gasteiger partial charge in [0.1, 0.15) is 6.10 Å². The van der Waals surface area contributed by atoms with Gasteiger partial charge in [-0.2, -0.15) is 0 Å². The molecule has 176 valence electrons. The molecule has 0 bridgehead atoms. The molecule has 0 fully saturated rings. The second-order valence-electron chi connectivity index (χ2n) is 8.10. The normalized spacial score (nSPS) is 16.6. The zero-order valence-corrected chi connectivity index (χ0v) is 19.7. The Hall–Kier alpha value is -2.21. The van der Waals surface area contributed by atoms with Gasteiger partial charge in [-0.15, -0.1) is 0 Å². The Morgan fingerprint density at radius 3 is 2.50 bits per heavy atom. The molecule has 0 saturated heterocycles. The zero-order valence-electron chi connectivity index (χ0n) is 19.7. The van der Waals surface area contributed by atoms with Gasteiger partial charge in [0.2, 0.25) is 0 Å². The SMILES string of the molecule is CCCOC(OCCC(O)CC(CC)OC(C)=O)c1ccc(C=CC2=CC=CCC2)cc1. The molecule has 1 aliphatic carbocycles. The van der Waals surface area contributed by atoms with Crippen LogP contribution in [0.5, 0.6) is 0 Å². The van der Waals surface area contributed by atoms with Crippen molar-refractivity contribution in [2.75, 3.05) is 13.2 Å². The summed E-state index contributed by atoms with van der Waals surface area (Å²) in [6.07, 6.45) is 14.0. The molecule has 0 aromatic heterocycles. The maximum atomic E-state index is 11.1. The molecule has 1 N–H and O–H groups in total. The summed E-state index contributed by atoms with van der Waals surface area (Å²) in [5.41, 5.74) is 3.42. The van der Waals surface area contributed by atoms with Crippen molar-refractivity contribution in [2.24, 2.45) is 0 Å². The summed E-state index contributed by atoms with van der Waals surface area (Å²) in [7, 11) is 0. The van der Waals surface area contributed by atoms with Gasteiger partial charge in [-0.3, -0.25) is 4.79 Å². The van der Waals surface area contributed by atoms with Crippen LogP contribution >= 0.6 is 0 Å². The summed E-state index contributed by atoms with van der Waals surface area (Å²) >= 11 is 0. The Labute approximate surface area is 192 Å². The number of ether oxygens (including phenoxy) is 3. The molecule has 0 heterocycles. The van der Waals surface area contributed by atoms with E-state index in [-0.39, 0.29) is 12.1 Å². The Balaban J connectivity index is 1.88. The summed E-state index contributed by atoms with van der Waals surface area (Å²) in [5, 5.41) is 10.3. The van der Waals surface area contributed by atoms with Crippen molar-refractivity contribution in [3.63, 3.8) is 0 Å². The lowest BCUT2D eigenvalue weighted by Gasteiger charge is -2.21. The minimum Gasteiger partial charge on any atom is -0.462 e. The second kappa shape index (κ2) is 14.8. The molecule has 3 unspecified atom stereocenters.